The van der Waals surface area contributed by atoms with Crippen molar-refractivity contribution >= 4 is 17.6 Å². The van der Waals surface area contributed by atoms with Crippen molar-refractivity contribution in [3.05, 3.63) is 29.8 Å². The molecule has 4 N–H and O–H groups in total. The van der Waals surface area contributed by atoms with Gasteiger partial charge in [-0.25, -0.2) is 0 Å². The van der Waals surface area contributed by atoms with Crippen LogP contribution < -0.4 is 5.32 Å². The van der Waals surface area contributed by atoms with Gasteiger partial charge >= 0.3 is 5.97 Å². The Kier molecular flexibility index (Phi) is 15.7. The highest BCUT2D eigenvalue weighted by Crippen LogP contribution is 2.48. The molecule has 1 spiro atoms. The molecular formula is C45H76N4O10. The summed E-state index contributed by atoms with van der Waals surface area (Å²) in [4.78, 5) is 32.3. The predicted molar refractivity (Wildman–Crippen MR) is 226 cm³/mol. The molecule has 0 radical (unpaired) electrons. The molecule has 1 amide bonds. The molecule has 4 fully saturated rings. The number of hydrogen-bond acceptors (Lipinski definition) is 13. The first-order valence-corrected chi connectivity index (χ1v) is 22.0. The fraction of sp³-hybridized carbons (Fsp3) is 0.822. The summed E-state index contributed by atoms with van der Waals surface area (Å²) in [6.07, 6.45) is -2.25. The Morgan fingerprint density at radius 1 is 1.05 bits per heavy atom. The number of likely N-dealkylation sites (tertiary alicyclic amines) is 1. The van der Waals surface area contributed by atoms with Crippen molar-refractivity contribution in [2.45, 2.75) is 173 Å². The van der Waals surface area contributed by atoms with Gasteiger partial charge in [0.2, 0.25) is 5.91 Å². The number of aliphatic hydroxyl groups excluding tert-OH is 2. The first-order valence-electron chi connectivity index (χ1n) is 22.0. The van der Waals surface area contributed by atoms with Gasteiger partial charge in [0.15, 0.2) is 12.1 Å². The molecular weight excluding hydrogens is 757 g/mol. The Morgan fingerprint density at radius 3 is 2.29 bits per heavy atom. The lowest BCUT2D eigenvalue weighted by atomic mass is 9.78. The number of hydrogen-bond donors (Lipinski definition) is 4. The van der Waals surface area contributed by atoms with Gasteiger partial charge in [-0.05, 0) is 105 Å². The average molecular weight is 833 g/mol. The van der Waals surface area contributed by atoms with Crippen LogP contribution in [-0.4, -0.2) is 161 Å². The normalized spacial score (nSPS) is 40.6. The first-order chi connectivity index (χ1) is 27.6. The number of carbonyl (C=O) groups is 2. The average Bonchev–Trinajstić information content (AvgIpc) is 3.25. The molecule has 4 aliphatic heterocycles. The molecule has 0 unspecified atom stereocenters. The summed E-state index contributed by atoms with van der Waals surface area (Å²) in [5.74, 6) is -2.94. The van der Waals surface area contributed by atoms with E-state index < -0.39 is 77.6 Å². The number of esters is 1. The molecule has 4 saturated heterocycles. The first kappa shape index (κ1) is 47.8. The molecule has 1 aromatic rings. The fourth-order valence-electron chi connectivity index (χ4n) is 10.3. The number of benzene rings is 1. The van der Waals surface area contributed by atoms with E-state index in [2.05, 4.69) is 24.1 Å². The second kappa shape index (κ2) is 19.4. The van der Waals surface area contributed by atoms with Crippen molar-refractivity contribution in [1.82, 2.24) is 14.7 Å². The summed E-state index contributed by atoms with van der Waals surface area (Å²) < 4.78 is 34.3. The lowest BCUT2D eigenvalue weighted by Gasteiger charge is -2.49. The Hall–Kier alpha value is -2.24. The van der Waals surface area contributed by atoms with E-state index >= 15 is 0 Å². The molecule has 14 heteroatoms. The highest BCUT2D eigenvalue weighted by Gasteiger charge is 2.58. The molecule has 4 aliphatic rings. The molecule has 59 heavy (non-hydrogen) atoms. The van der Waals surface area contributed by atoms with Crippen molar-refractivity contribution in [2.75, 3.05) is 52.6 Å². The van der Waals surface area contributed by atoms with E-state index in [-0.39, 0.29) is 24.0 Å². The maximum absolute atomic E-state index is 14.4. The number of cyclic esters (lactones) is 1. The molecule has 0 aliphatic carbocycles. The second-order valence-electron chi connectivity index (χ2n) is 19.1. The molecule has 5 rings (SSSR count). The molecule has 2 bridgehead atoms. The third-order valence-corrected chi connectivity index (χ3v) is 13.8. The largest absolute Gasteiger partial charge is 0.459 e. The third kappa shape index (κ3) is 11.1. The zero-order chi connectivity index (χ0) is 43.6. The van der Waals surface area contributed by atoms with E-state index in [4.69, 9.17) is 23.7 Å². The Morgan fingerprint density at radius 2 is 1.69 bits per heavy atom. The van der Waals surface area contributed by atoms with Crippen LogP contribution in [0.5, 0.6) is 0 Å². The Bertz CT molecular complexity index is 1540. The quantitative estimate of drug-likeness (QED) is 0.278. The van der Waals surface area contributed by atoms with Gasteiger partial charge < -0.3 is 59.0 Å². The number of likely N-dealkylation sites (N-methyl/N-ethyl adjacent to an activating group) is 2. The van der Waals surface area contributed by atoms with E-state index in [1.165, 1.54) is 12.5 Å². The molecule has 336 valence electrons. The zero-order valence-electron chi connectivity index (χ0n) is 37.8. The SMILES string of the molecule is CC[C@H]1OC(=O)[C@H](C)[C@H]2OC3(CCN(CCc4ccc(NC(C)=O)cc4)CC3)O[C@](C)(C[C@@H](C)CN(C)[C@H](C)[C@@H](O)[C@]1(C)O)[C@H](O[C@@H]1O[C@H](C)C[C@H](N(C)C)[C@H]1O)[C@H]2C. The van der Waals surface area contributed by atoms with Crippen LogP contribution in [0.4, 0.5) is 5.69 Å². The van der Waals surface area contributed by atoms with Crippen LogP contribution in [0.2, 0.25) is 0 Å². The number of ether oxygens (including phenoxy) is 5. The second-order valence-corrected chi connectivity index (χ2v) is 19.1. The molecule has 0 aromatic heterocycles. The smallest absolute Gasteiger partial charge is 0.311 e. The van der Waals surface area contributed by atoms with Crippen molar-refractivity contribution in [3.8, 4) is 0 Å². The van der Waals surface area contributed by atoms with E-state index in [0.29, 0.717) is 51.7 Å². The highest BCUT2D eigenvalue weighted by molar-refractivity contribution is 5.88. The number of fused-ring (bicyclic) bond motifs is 3. The molecule has 0 saturated carbocycles. The minimum atomic E-state index is -1.72. The van der Waals surface area contributed by atoms with Crippen LogP contribution >= 0.6 is 0 Å². The maximum Gasteiger partial charge on any atom is 0.311 e. The van der Waals surface area contributed by atoms with Crippen LogP contribution in [0.1, 0.15) is 100.0 Å². The van der Waals surface area contributed by atoms with Crippen LogP contribution in [0, 0.1) is 17.8 Å². The summed E-state index contributed by atoms with van der Waals surface area (Å²) in [6.45, 7) is 19.6. The van der Waals surface area contributed by atoms with Gasteiger partial charge in [0, 0.05) is 69.6 Å². The number of aliphatic hydroxyl groups is 3. The van der Waals surface area contributed by atoms with Gasteiger partial charge in [0.1, 0.15) is 23.9 Å². The molecule has 4 heterocycles. The van der Waals surface area contributed by atoms with E-state index in [1.807, 2.05) is 82.9 Å². The van der Waals surface area contributed by atoms with Crippen molar-refractivity contribution in [2.24, 2.45) is 17.8 Å². The van der Waals surface area contributed by atoms with E-state index in [0.717, 1.165) is 18.7 Å². The fourth-order valence-corrected chi connectivity index (χ4v) is 10.3. The van der Waals surface area contributed by atoms with Gasteiger partial charge in [-0.15, -0.1) is 0 Å². The van der Waals surface area contributed by atoms with Crippen LogP contribution in [0.3, 0.4) is 0 Å². The van der Waals surface area contributed by atoms with Gasteiger partial charge in [-0.1, -0.05) is 32.9 Å². The molecule has 14 nitrogen and oxygen atoms in total. The maximum atomic E-state index is 14.4. The van der Waals surface area contributed by atoms with Gasteiger partial charge in [-0.3, -0.25) is 9.59 Å². The Labute approximate surface area is 353 Å². The number of piperidine rings is 1. The van der Waals surface area contributed by atoms with Crippen LogP contribution in [-0.2, 0) is 39.7 Å². The standard InChI is InChI=1S/C45H76N4O10/c1-13-36-44(9,54)39(52)31(6)48(12)26-27(2)25-43(8)40(57-42-37(51)35(47(10)11)24-28(3)55-42)29(4)38(30(5)41(53)56-36)58-45(59-43)19-22-49(23-20-45)21-18-33-14-16-34(17-15-33)46-32(7)50/h14-17,27-31,35-40,42,51-52,54H,13,18-26H2,1-12H3,(H,46,50)/t27-,28-,29+,30-,31-,35+,36-,37-,38+,39-,40-,42+,43-,44-/m1/s1. The minimum Gasteiger partial charge on any atom is -0.459 e. The lowest BCUT2D eigenvalue weighted by Crippen LogP contribution is -2.60. The number of nitrogens with one attached hydrogen (secondary N) is 1. The monoisotopic (exact) mass is 833 g/mol. The number of anilines is 1. The number of carbonyl (C=O) groups excluding carboxylic acids is 2. The van der Waals surface area contributed by atoms with Crippen molar-refractivity contribution in [3.63, 3.8) is 0 Å². The van der Waals surface area contributed by atoms with E-state index in [1.54, 1.807) is 13.8 Å². The van der Waals surface area contributed by atoms with Crippen molar-refractivity contribution < 1.29 is 48.6 Å². The van der Waals surface area contributed by atoms with E-state index in [9.17, 15) is 24.9 Å². The Balaban J connectivity index is 1.51. The number of amides is 1. The topological polar surface area (TPSA) is 163 Å². The van der Waals surface area contributed by atoms with Gasteiger partial charge in [-0.2, -0.15) is 0 Å². The minimum absolute atomic E-state index is 0.0154. The highest BCUT2D eigenvalue weighted by atomic mass is 16.7. The lowest BCUT2D eigenvalue weighted by molar-refractivity contribution is -0.332. The summed E-state index contributed by atoms with van der Waals surface area (Å²) in [5.41, 5.74) is -0.758. The summed E-state index contributed by atoms with van der Waals surface area (Å²) >= 11 is 0. The molecule has 14 atom stereocenters. The van der Waals surface area contributed by atoms with Gasteiger partial charge in [0.25, 0.3) is 0 Å². The number of nitrogens with zero attached hydrogens (tertiary/aromatic N) is 3. The van der Waals surface area contributed by atoms with Gasteiger partial charge in [0.05, 0.1) is 29.8 Å². The molecule has 1 aromatic carbocycles. The van der Waals surface area contributed by atoms with Crippen LogP contribution in [0.15, 0.2) is 24.3 Å². The zero-order valence-corrected chi connectivity index (χ0v) is 37.8. The van der Waals surface area contributed by atoms with Crippen molar-refractivity contribution in [1.29, 1.82) is 0 Å². The summed E-state index contributed by atoms with van der Waals surface area (Å²) in [6, 6.07) is 7.28. The summed E-state index contributed by atoms with van der Waals surface area (Å²) in [5, 5.41) is 38.0. The van der Waals surface area contributed by atoms with Crippen LogP contribution in [0.25, 0.3) is 0 Å². The number of rotatable bonds is 8. The summed E-state index contributed by atoms with van der Waals surface area (Å²) in [7, 11) is 5.83. The third-order valence-electron chi connectivity index (χ3n) is 13.8. The predicted octanol–water partition coefficient (Wildman–Crippen LogP) is 4.03.